The summed E-state index contributed by atoms with van der Waals surface area (Å²) in [6.45, 7) is 1.78. The highest BCUT2D eigenvalue weighted by Gasteiger charge is 2.44. The van der Waals surface area contributed by atoms with E-state index in [2.05, 4.69) is 0 Å². The molecule has 0 fully saturated rings. The molecule has 140 valence electrons. The molecule has 0 amide bonds. The second-order valence-electron chi connectivity index (χ2n) is 6.45. The lowest BCUT2D eigenvalue weighted by Crippen LogP contribution is -2.50. The van der Waals surface area contributed by atoms with Crippen LogP contribution in [-0.4, -0.2) is 39.6 Å². The predicted octanol–water partition coefficient (Wildman–Crippen LogP) is 2.71. The lowest BCUT2D eigenvalue weighted by molar-refractivity contribution is -0.212. The summed E-state index contributed by atoms with van der Waals surface area (Å²) in [6, 6.07) is 12.7. The molecule has 2 aromatic carbocycles. The quantitative estimate of drug-likeness (QED) is 0.806. The summed E-state index contributed by atoms with van der Waals surface area (Å²) in [5.74, 6) is 0.414. The van der Waals surface area contributed by atoms with E-state index in [4.69, 9.17) is 14.2 Å². The molecule has 0 aromatic heterocycles. The Hall–Kier alpha value is -1.93. The second-order valence-corrected chi connectivity index (χ2v) is 8.40. The van der Waals surface area contributed by atoms with E-state index in [1.165, 1.54) is 26.4 Å². The van der Waals surface area contributed by atoms with Gasteiger partial charge in [-0.1, -0.05) is 18.2 Å². The Bertz CT molecular complexity index is 876. The van der Waals surface area contributed by atoms with E-state index in [0.717, 1.165) is 0 Å². The molecule has 1 aliphatic rings. The zero-order valence-corrected chi connectivity index (χ0v) is 15.7. The molecule has 7 heteroatoms. The summed E-state index contributed by atoms with van der Waals surface area (Å²) >= 11 is 0. The number of hydrogen-bond acceptors (Lipinski definition) is 6. The first-order valence-corrected chi connectivity index (χ1v) is 9.67. The van der Waals surface area contributed by atoms with Crippen molar-refractivity contribution >= 4 is 9.84 Å². The summed E-state index contributed by atoms with van der Waals surface area (Å²) in [5, 5.41) is 10.6. The third-order valence-corrected chi connectivity index (χ3v) is 6.34. The van der Waals surface area contributed by atoms with E-state index in [0.29, 0.717) is 11.3 Å². The first-order chi connectivity index (χ1) is 12.3. The van der Waals surface area contributed by atoms with Gasteiger partial charge in [-0.25, -0.2) is 8.42 Å². The van der Waals surface area contributed by atoms with Crippen molar-refractivity contribution < 1.29 is 27.7 Å². The molecular weight excluding hydrogens is 356 g/mol. The van der Waals surface area contributed by atoms with Gasteiger partial charge in [-0.05, 0) is 37.3 Å². The number of methoxy groups -OCH3 is 2. The predicted molar refractivity (Wildman–Crippen MR) is 94.8 cm³/mol. The number of aliphatic hydroxyl groups is 1. The molecule has 2 atom stereocenters. The van der Waals surface area contributed by atoms with E-state index in [1.807, 2.05) is 0 Å². The van der Waals surface area contributed by atoms with Crippen molar-refractivity contribution in [1.82, 2.24) is 0 Å². The van der Waals surface area contributed by atoms with Crippen molar-refractivity contribution in [3.8, 4) is 5.75 Å². The van der Waals surface area contributed by atoms with Gasteiger partial charge >= 0.3 is 0 Å². The highest BCUT2D eigenvalue weighted by molar-refractivity contribution is 7.91. The fraction of sp³-hybridized carbons (Fsp3) is 0.368. The van der Waals surface area contributed by atoms with Crippen LogP contribution in [0.1, 0.15) is 25.0 Å². The number of ether oxygens (including phenoxy) is 3. The number of benzene rings is 2. The average Bonchev–Trinajstić information content (AvgIpc) is 2.63. The standard InChI is InChI=1S/C19H22O6S/c1-19(18(23-2)24-3)12-16(20)15-11-14(9-10-17(15)25-19)26(21,22)13-7-5-4-6-8-13/h4-11,16,18,20H,12H2,1-3H3. The number of sulfone groups is 1. The highest BCUT2D eigenvalue weighted by Crippen LogP contribution is 2.43. The number of fused-ring (bicyclic) bond motifs is 1. The first-order valence-electron chi connectivity index (χ1n) is 8.18. The van der Waals surface area contributed by atoms with Gasteiger partial charge in [-0.3, -0.25) is 0 Å². The zero-order valence-electron chi connectivity index (χ0n) is 14.9. The number of aliphatic hydroxyl groups excluding tert-OH is 1. The van der Waals surface area contributed by atoms with Crippen LogP contribution in [0.15, 0.2) is 58.3 Å². The molecule has 0 saturated heterocycles. The van der Waals surface area contributed by atoms with Crippen molar-refractivity contribution in [1.29, 1.82) is 0 Å². The topological polar surface area (TPSA) is 82.1 Å². The van der Waals surface area contributed by atoms with Crippen LogP contribution in [0.4, 0.5) is 0 Å². The Morgan fingerprint density at radius 1 is 1.12 bits per heavy atom. The SMILES string of the molecule is COC(OC)C1(C)CC(O)c2cc(S(=O)(=O)c3ccccc3)ccc2O1. The molecule has 6 nitrogen and oxygen atoms in total. The average molecular weight is 378 g/mol. The molecule has 0 spiro atoms. The van der Waals surface area contributed by atoms with Gasteiger partial charge in [0.15, 0.2) is 11.9 Å². The summed E-state index contributed by atoms with van der Waals surface area (Å²) in [5.41, 5.74) is -0.458. The van der Waals surface area contributed by atoms with Crippen molar-refractivity contribution in [2.45, 2.75) is 41.1 Å². The second kappa shape index (κ2) is 7.00. The minimum absolute atomic E-state index is 0.115. The fourth-order valence-corrected chi connectivity index (χ4v) is 4.63. The highest BCUT2D eigenvalue weighted by atomic mass is 32.2. The summed E-state index contributed by atoms with van der Waals surface area (Å²) in [4.78, 5) is 0.318. The van der Waals surface area contributed by atoms with Gasteiger partial charge in [0, 0.05) is 26.2 Å². The third-order valence-electron chi connectivity index (χ3n) is 4.57. The summed E-state index contributed by atoms with van der Waals surface area (Å²) in [7, 11) is -0.666. The van der Waals surface area contributed by atoms with E-state index in [1.54, 1.807) is 43.3 Å². The van der Waals surface area contributed by atoms with Gasteiger partial charge in [0.05, 0.1) is 15.9 Å². The van der Waals surface area contributed by atoms with Crippen LogP contribution in [0, 0.1) is 0 Å². The smallest absolute Gasteiger partial charge is 0.206 e. The molecule has 0 saturated carbocycles. The molecule has 1 heterocycles. The van der Waals surface area contributed by atoms with Gasteiger partial charge in [0.2, 0.25) is 9.84 Å². The normalized spacial score (nSPS) is 22.7. The molecule has 0 radical (unpaired) electrons. The van der Waals surface area contributed by atoms with E-state index in [-0.39, 0.29) is 16.2 Å². The molecule has 1 aliphatic heterocycles. The molecule has 3 rings (SSSR count). The maximum atomic E-state index is 12.8. The van der Waals surface area contributed by atoms with Crippen molar-refractivity contribution in [2.75, 3.05) is 14.2 Å². The van der Waals surface area contributed by atoms with Crippen LogP contribution in [0.5, 0.6) is 5.75 Å². The molecule has 0 aliphatic carbocycles. The molecule has 2 unspecified atom stereocenters. The van der Waals surface area contributed by atoms with E-state index >= 15 is 0 Å². The Morgan fingerprint density at radius 2 is 1.77 bits per heavy atom. The monoisotopic (exact) mass is 378 g/mol. The number of rotatable bonds is 5. The van der Waals surface area contributed by atoms with Gasteiger partial charge in [0.1, 0.15) is 5.75 Å². The Morgan fingerprint density at radius 3 is 2.38 bits per heavy atom. The molecule has 2 aromatic rings. The van der Waals surface area contributed by atoms with Crippen molar-refractivity contribution in [2.24, 2.45) is 0 Å². The Labute approximate surface area is 153 Å². The maximum absolute atomic E-state index is 12.8. The first kappa shape index (κ1) is 18.8. The Balaban J connectivity index is 2.00. The Kier molecular flexibility index (Phi) is 5.07. The van der Waals surface area contributed by atoms with Gasteiger partial charge in [-0.2, -0.15) is 0 Å². The summed E-state index contributed by atoms with van der Waals surface area (Å²) < 4.78 is 42.2. The maximum Gasteiger partial charge on any atom is 0.206 e. The largest absolute Gasteiger partial charge is 0.482 e. The molecular formula is C19H22O6S. The minimum atomic E-state index is -3.67. The van der Waals surface area contributed by atoms with Crippen LogP contribution in [0.2, 0.25) is 0 Å². The van der Waals surface area contributed by atoms with Crippen LogP contribution in [-0.2, 0) is 19.3 Å². The molecule has 1 N–H and O–H groups in total. The lowest BCUT2D eigenvalue weighted by atomic mass is 9.89. The molecule has 0 bridgehead atoms. The van der Waals surface area contributed by atoms with Crippen molar-refractivity contribution in [3.63, 3.8) is 0 Å². The van der Waals surface area contributed by atoms with Crippen LogP contribution >= 0.6 is 0 Å². The van der Waals surface area contributed by atoms with Crippen LogP contribution in [0.25, 0.3) is 0 Å². The van der Waals surface area contributed by atoms with Gasteiger partial charge < -0.3 is 19.3 Å². The van der Waals surface area contributed by atoms with Gasteiger partial charge in [-0.15, -0.1) is 0 Å². The third kappa shape index (κ3) is 3.23. The zero-order chi connectivity index (χ0) is 18.9. The summed E-state index contributed by atoms with van der Waals surface area (Å²) in [6.07, 6.45) is -1.36. The van der Waals surface area contributed by atoms with E-state index < -0.39 is 27.8 Å². The fourth-order valence-electron chi connectivity index (χ4n) is 3.31. The van der Waals surface area contributed by atoms with Crippen LogP contribution < -0.4 is 4.74 Å². The lowest BCUT2D eigenvalue weighted by Gasteiger charge is -2.41. The minimum Gasteiger partial charge on any atom is -0.482 e. The molecule has 26 heavy (non-hydrogen) atoms. The van der Waals surface area contributed by atoms with Gasteiger partial charge in [0.25, 0.3) is 0 Å². The van der Waals surface area contributed by atoms with E-state index in [9.17, 15) is 13.5 Å². The van der Waals surface area contributed by atoms with Crippen molar-refractivity contribution in [3.05, 3.63) is 54.1 Å². The number of hydrogen-bond donors (Lipinski definition) is 1. The van der Waals surface area contributed by atoms with Crippen LogP contribution in [0.3, 0.4) is 0 Å².